The minimum Gasteiger partial charge on any atom is -0.336 e. The molecule has 176 valence electrons. The van der Waals surface area contributed by atoms with E-state index in [2.05, 4.69) is 4.98 Å². The van der Waals surface area contributed by atoms with E-state index in [4.69, 9.17) is 11.6 Å². The summed E-state index contributed by atoms with van der Waals surface area (Å²) < 4.78 is 42.4. The number of halogens is 4. The van der Waals surface area contributed by atoms with Crippen molar-refractivity contribution in [1.29, 1.82) is 0 Å². The molecular formula is C23H24ClF3N4O2. The molecule has 0 aromatic carbocycles. The van der Waals surface area contributed by atoms with Crippen molar-refractivity contribution in [3.05, 3.63) is 34.2 Å². The van der Waals surface area contributed by atoms with Gasteiger partial charge in [-0.2, -0.15) is 13.2 Å². The molecule has 2 aromatic rings. The van der Waals surface area contributed by atoms with Gasteiger partial charge in [0.05, 0.1) is 5.56 Å². The van der Waals surface area contributed by atoms with Crippen molar-refractivity contribution in [3.63, 3.8) is 0 Å². The van der Waals surface area contributed by atoms with E-state index in [1.807, 2.05) is 4.90 Å². The highest BCUT2D eigenvalue weighted by molar-refractivity contribution is 6.33. The highest BCUT2D eigenvalue weighted by Gasteiger charge is 2.45. The maximum atomic E-state index is 13.7. The van der Waals surface area contributed by atoms with Crippen LogP contribution >= 0.6 is 11.6 Å². The lowest BCUT2D eigenvalue weighted by molar-refractivity contribution is -0.139. The Morgan fingerprint density at radius 2 is 1.91 bits per heavy atom. The maximum Gasteiger partial charge on any atom is 0.419 e. The smallest absolute Gasteiger partial charge is 0.336 e. The van der Waals surface area contributed by atoms with Crippen LogP contribution < -0.4 is 0 Å². The van der Waals surface area contributed by atoms with Crippen LogP contribution in [-0.2, 0) is 11.0 Å². The van der Waals surface area contributed by atoms with Crippen molar-refractivity contribution in [2.75, 3.05) is 19.6 Å². The lowest BCUT2D eigenvalue weighted by Crippen LogP contribution is -2.56. The van der Waals surface area contributed by atoms with E-state index in [9.17, 15) is 22.8 Å². The zero-order valence-electron chi connectivity index (χ0n) is 17.9. The lowest BCUT2D eigenvalue weighted by Gasteiger charge is -2.40. The van der Waals surface area contributed by atoms with Gasteiger partial charge in [-0.25, -0.2) is 4.98 Å². The SMILES string of the molecule is O=C(c1nc2c(C(F)(F)F)cc(C3CC3)cn2c1Cl)N1CCN([C@@H]2C[C@@H]3CC[C@H]2C3)C(=O)C1. The Bertz CT molecular complexity index is 1160. The van der Waals surface area contributed by atoms with E-state index < -0.39 is 17.6 Å². The van der Waals surface area contributed by atoms with Gasteiger partial charge < -0.3 is 9.80 Å². The number of hydrogen-bond donors (Lipinski definition) is 0. The molecule has 6 nitrogen and oxygen atoms in total. The molecule has 1 saturated heterocycles. The Balaban J connectivity index is 1.27. The number of pyridine rings is 1. The van der Waals surface area contributed by atoms with E-state index in [0.29, 0.717) is 30.5 Å². The summed E-state index contributed by atoms with van der Waals surface area (Å²) in [6.07, 6.45) is 3.19. The third kappa shape index (κ3) is 3.50. The van der Waals surface area contributed by atoms with Crippen LogP contribution in [0, 0.1) is 11.8 Å². The molecule has 10 heteroatoms. The third-order valence-corrected chi connectivity index (χ3v) is 8.25. The minimum atomic E-state index is -4.62. The second kappa shape index (κ2) is 7.35. The molecule has 6 rings (SSSR count). The monoisotopic (exact) mass is 480 g/mol. The van der Waals surface area contributed by atoms with Crippen molar-refractivity contribution in [2.45, 2.75) is 56.7 Å². The van der Waals surface area contributed by atoms with E-state index in [0.717, 1.165) is 31.7 Å². The normalized spacial score (nSPS) is 27.8. The fourth-order valence-corrected chi connectivity index (χ4v) is 6.33. The van der Waals surface area contributed by atoms with Crippen LogP contribution in [0.1, 0.15) is 66.1 Å². The number of fused-ring (bicyclic) bond motifs is 3. The molecule has 3 saturated carbocycles. The fraction of sp³-hybridized carbons (Fsp3) is 0.609. The summed E-state index contributed by atoms with van der Waals surface area (Å²) in [4.78, 5) is 33.4. The molecule has 4 aliphatic rings. The number of alkyl halides is 3. The third-order valence-electron chi connectivity index (χ3n) is 7.89. The van der Waals surface area contributed by atoms with Crippen LogP contribution in [0.25, 0.3) is 5.65 Å². The average Bonchev–Trinajstić information content (AvgIpc) is 3.27. The van der Waals surface area contributed by atoms with Crippen LogP contribution in [0.3, 0.4) is 0 Å². The lowest BCUT2D eigenvalue weighted by atomic mass is 9.93. The number of nitrogens with zero attached hydrogens (tertiary/aromatic N) is 4. The first-order chi connectivity index (χ1) is 15.7. The second-order valence-electron chi connectivity index (χ2n) is 9.96. The standard InChI is InChI=1S/C23H24ClF3N4O2/c24-20-19(28-21-16(23(25,26)27)9-15(10-31(20)21)13-3-4-13)22(33)29-5-6-30(18(32)11-29)17-8-12-1-2-14(17)7-12/h9-10,12-14,17H,1-8,11H2/t12-,14+,17-/m1/s1. The molecule has 3 aliphatic carbocycles. The van der Waals surface area contributed by atoms with Gasteiger partial charge in [-0.05, 0) is 61.5 Å². The van der Waals surface area contributed by atoms with Crippen molar-refractivity contribution >= 4 is 29.1 Å². The van der Waals surface area contributed by atoms with Crippen LogP contribution in [-0.4, -0.2) is 56.7 Å². The van der Waals surface area contributed by atoms with Gasteiger partial charge in [0.25, 0.3) is 5.91 Å². The second-order valence-corrected chi connectivity index (χ2v) is 10.3. The van der Waals surface area contributed by atoms with Crippen molar-refractivity contribution in [2.24, 2.45) is 11.8 Å². The summed E-state index contributed by atoms with van der Waals surface area (Å²) >= 11 is 6.39. The van der Waals surface area contributed by atoms with Gasteiger partial charge in [0.15, 0.2) is 11.3 Å². The maximum absolute atomic E-state index is 13.7. The number of rotatable bonds is 3. The largest absolute Gasteiger partial charge is 0.419 e. The Labute approximate surface area is 193 Å². The summed E-state index contributed by atoms with van der Waals surface area (Å²) in [5, 5.41) is -0.147. The molecule has 2 amide bonds. The topological polar surface area (TPSA) is 57.9 Å². The summed E-state index contributed by atoms with van der Waals surface area (Å²) in [7, 11) is 0. The van der Waals surface area contributed by atoms with E-state index in [-0.39, 0.29) is 40.9 Å². The van der Waals surface area contributed by atoms with Gasteiger partial charge >= 0.3 is 6.18 Å². The summed E-state index contributed by atoms with van der Waals surface area (Å²) in [5.74, 6) is 0.609. The van der Waals surface area contributed by atoms with Crippen molar-refractivity contribution in [3.8, 4) is 0 Å². The molecule has 3 heterocycles. The Kier molecular flexibility index (Phi) is 4.74. The number of carbonyl (C=O) groups excluding carboxylic acids is 2. The molecule has 0 N–H and O–H groups in total. The molecule has 2 aromatic heterocycles. The molecule has 2 bridgehead atoms. The van der Waals surface area contributed by atoms with Gasteiger partial charge in [0, 0.05) is 25.3 Å². The zero-order chi connectivity index (χ0) is 23.1. The predicted octanol–water partition coefficient (Wildman–Crippen LogP) is 4.36. The summed E-state index contributed by atoms with van der Waals surface area (Å²) in [5.41, 5.74) is -0.976. The number of amides is 2. The van der Waals surface area contributed by atoms with Gasteiger partial charge in [-0.3, -0.25) is 14.0 Å². The molecular weight excluding hydrogens is 457 g/mol. The number of carbonyl (C=O) groups is 2. The number of hydrogen-bond acceptors (Lipinski definition) is 3. The Morgan fingerprint density at radius 1 is 1.12 bits per heavy atom. The van der Waals surface area contributed by atoms with Crippen molar-refractivity contribution < 1.29 is 22.8 Å². The van der Waals surface area contributed by atoms with Crippen molar-refractivity contribution in [1.82, 2.24) is 19.2 Å². The molecule has 0 unspecified atom stereocenters. The van der Waals surface area contributed by atoms with Gasteiger partial charge in [0.1, 0.15) is 11.7 Å². The fourth-order valence-electron chi connectivity index (χ4n) is 6.08. The quantitative estimate of drug-likeness (QED) is 0.656. The molecule has 0 radical (unpaired) electrons. The van der Waals surface area contributed by atoms with E-state index >= 15 is 0 Å². The first-order valence-electron chi connectivity index (χ1n) is 11.6. The van der Waals surface area contributed by atoms with Crippen LogP contribution in [0.2, 0.25) is 5.15 Å². The van der Waals surface area contributed by atoms with Crippen LogP contribution in [0.5, 0.6) is 0 Å². The number of piperazine rings is 1. The van der Waals surface area contributed by atoms with Gasteiger partial charge in [0.2, 0.25) is 5.91 Å². The molecule has 3 atom stereocenters. The molecule has 33 heavy (non-hydrogen) atoms. The summed E-state index contributed by atoms with van der Waals surface area (Å²) in [6, 6.07) is 1.37. The number of aromatic nitrogens is 2. The van der Waals surface area contributed by atoms with E-state index in [1.54, 1.807) is 6.20 Å². The molecule has 0 spiro atoms. The highest BCUT2D eigenvalue weighted by Crippen LogP contribution is 2.47. The van der Waals surface area contributed by atoms with Crippen LogP contribution in [0.15, 0.2) is 12.3 Å². The van der Waals surface area contributed by atoms with E-state index in [1.165, 1.54) is 22.1 Å². The zero-order valence-corrected chi connectivity index (χ0v) is 18.7. The minimum absolute atomic E-state index is 0.0738. The van der Waals surface area contributed by atoms with Gasteiger partial charge in [-0.15, -0.1) is 0 Å². The number of imidazole rings is 1. The molecule has 1 aliphatic heterocycles. The average molecular weight is 481 g/mol. The first-order valence-corrected chi connectivity index (χ1v) is 12.0. The summed E-state index contributed by atoms with van der Waals surface area (Å²) in [6.45, 7) is 0.654. The first kappa shape index (κ1) is 21.3. The Hall–Kier alpha value is -2.29. The predicted molar refractivity (Wildman–Crippen MR) is 114 cm³/mol. The highest BCUT2D eigenvalue weighted by atomic mass is 35.5. The molecule has 4 fully saturated rings. The Morgan fingerprint density at radius 3 is 2.52 bits per heavy atom. The van der Waals surface area contributed by atoms with Gasteiger partial charge in [-0.1, -0.05) is 18.0 Å². The van der Waals surface area contributed by atoms with Crippen LogP contribution in [0.4, 0.5) is 13.2 Å².